The van der Waals surface area contributed by atoms with Gasteiger partial charge in [0.15, 0.2) is 5.82 Å². The third-order valence-corrected chi connectivity index (χ3v) is 1.39. The molecule has 0 aromatic carbocycles. The monoisotopic (exact) mass is 201 g/mol. The fourth-order valence-electron chi connectivity index (χ4n) is 0.513. The summed E-state index contributed by atoms with van der Waals surface area (Å²) in [7, 11) is -4.53. The molecule has 2 rings (SSSR count). The van der Waals surface area contributed by atoms with Gasteiger partial charge in [-0.3, -0.25) is 9.79 Å². The van der Waals surface area contributed by atoms with E-state index in [2.05, 4.69) is 14.5 Å². The molecule has 0 aromatic rings. The van der Waals surface area contributed by atoms with Crippen molar-refractivity contribution in [1.82, 2.24) is 9.97 Å². The normalized spacial score (nSPS) is 10.5. The number of aromatic nitrogens is 2. The van der Waals surface area contributed by atoms with Crippen LogP contribution in [0.2, 0.25) is 0 Å². The Balaban J connectivity index is 0.000000130. The van der Waals surface area contributed by atoms with Crippen LogP contribution in [-0.4, -0.2) is 19.8 Å². The van der Waals surface area contributed by atoms with Crippen molar-refractivity contribution in [3.05, 3.63) is 12.4 Å². The predicted molar refractivity (Wildman–Crippen MR) is 39.8 cm³/mol. The number of phosphoric acid groups is 1. The second-order valence-electron chi connectivity index (χ2n) is 1.97. The lowest BCUT2D eigenvalue weighted by Gasteiger charge is -2.06. The molecule has 0 bridgehead atoms. The fourth-order valence-corrected chi connectivity index (χ4v) is 0.620. The maximum absolute atomic E-state index is 9.48. The van der Waals surface area contributed by atoms with Crippen LogP contribution in [0.15, 0.2) is 12.4 Å². The van der Waals surface area contributed by atoms with Crippen LogP contribution < -0.4 is 0 Å². The zero-order valence-electron chi connectivity index (χ0n) is 6.15. The molecule has 0 saturated carbocycles. The van der Waals surface area contributed by atoms with Crippen LogP contribution in [0.25, 0.3) is 11.4 Å². The van der Waals surface area contributed by atoms with Gasteiger partial charge in [-0.25, -0.2) is 14.5 Å². The average Bonchev–Trinajstić information content (AvgIpc) is 1.95. The summed E-state index contributed by atoms with van der Waals surface area (Å²) < 4.78 is 12.7. The highest BCUT2D eigenvalue weighted by molar-refractivity contribution is 7.46. The second kappa shape index (κ2) is 3.49. The third-order valence-electron chi connectivity index (χ3n) is 1.07. The Hall–Kier alpha value is -1.48. The van der Waals surface area contributed by atoms with Crippen LogP contribution in [0.5, 0.6) is 0 Å². The lowest BCUT2D eigenvalue weighted by atomic mass is 10.2. The van der Waals surface area contributed by atoms with E-state index in [1.807, 2.05) is 12.4 Å². The van der Waals surface area contributed by atoms with E-state index in [4.69, 9.17) is 15.0 Å². The molecule has 13 heavy (non-hydrogen) atoms. The number of hydrogen-bond acceptors (Lipinski definition) is 5. The van der Waals surface area contributed by atoms with Gasteiger partial charge in [0.1, 0.15) is 0 Å². The van der Waals surface area contributed by atoms with Gasteiger partial charge in [0.05, 0.1) is 5.56 Å². The van der Waals surface area contributed by atoms with E-state index < -0.39 is 7.82 Å². The molecule has 2 aliphatic rings. The summed E-state index contributed by atoms with van der Waals surface area (Å²) >= 11 is 0. The van der Waals surface area contributed by atoms with Gasteiger partial charge in [0.2, 0.25) is 0 Å². The van der Waals surface area contributed by atoms with Gasteiger partial charge < -0.3 is 4.52 Å². The molecule has 0 spiro atoms. The van der Waals surface area contributed by atoms with Crippen LogP contribution in [0, 0.1) is 11.5 Å². The molecule has 7 nitrogen and oxygen atoms in total. The fraction of sp³-hybridized carbons (Fsp3) is 0. The molecule has 2 heterocycles. The molecule has 0 saturated heterocycles. The van der Waals surface area contributed by atoms with Gasteiger partial charge in [-0.1, -0.05) is 0 Å². The highest BCUT2D eigenvalue weighted by atomic mass is 31.2. The van der Waals surface area contributed by atoms with Crippen molar-refractivity contribution < 1.29 is 18.9 Å². The minimum absolute atomic E-state index is 0.845. The van der Waals surface area contributed by atoms with E-state index in [9.17, 15) is 4.57 Å². The Morgan fingerprint density at radius 3 is 1.92 bits per heavy atom. The Morgan fingerprint density at radius 1 is 1.46 bits per heavy atom. The number of hydrogen-bond donors (Lipinski definition) is 2. The molecule has 8 heteroatoms. The van der Waals surface area contributed by atoms with Crippen molar-refractivity contribution in [2.45, 2.75) is 0 Å². The lowest BCUT2D eigenvalue weighted by Crippen LogP contribution is -1.98. The SMILES string of the molecule is N#COP(=O)(O)O.c1nc2ncc1-2. The molecular weight excluding hydrogens is 197 g/mol. The van der Waals surface area contributed by atoms with Crippen LogP contribution in [-0.2, 0) is 9.09 Å². The summed E-state index contributed by atoms with van der Waals surface area (Å²) in [6.07, 6.45) is 4.46. The van der Waals surface area contributed by atoms with Crippen molar-refractivity contribution in [3.8, 4) is 17.6 Å². The van der Waals surface area contributed by atoms with E-state index in [1.165, 1.54) is 5.56 Å². The molecule has 2 aliphatic heterocycles. The first-order valence-corrected chi connectivity index (χ1v) is 4.51. The molecule has 0 atom stereocenters. The van der Waals surface area contributed by atoms with Crippen LogP contribution in [0.1, 0.15) is 0 Å². The minimum Gasteiger partial charge on any atom is -0.328 e. The van der Waals surface area contributed by atoms with Crippen molar-refractivity contribution >= 4 is 7.82 Å². The highest BCUT2D eigenvalue weighted by Crippen LogP contribution is 2.34. The number of nitrogens with zero attached hydrogens (tertiary/aromatic N) is 3. The summed E-state index contributed by atoms with van der Waals surface area (Å²) in [5.74, 6) is 0.926. The van der Waals surface area contributed by atoms with E-state index in [1.54, 1.807) is 0 Å². The standard InChI is InChI=1S/C4H2N2.CH2NO4P/c1-3-2-6-4(3)5-1;2-1-6-7(3,4)5/h1-2H;(H2,3,4,5). The van der Waals surface area contributed by atoms with E-state index in [0.29, 0.717) is 0 Å². The number of phosphoric ester groups is 1. The molecule has 0 radical (unpaired) electrons. The molecule has 0 aliphatic carbocycles. The maximum Gasteiger partial charge on any atom is 0.534 e. The third kappa shape index (κ3) is 2.80. The van der Waals surface area contributed by atoms with Gasteiger partial charge in [0.25, 0.3) is 6.26 Å². The van der Waals surface area contributed by atoms with Crippen LogP contribution in [0.4, 0.5) is 0 Å². The molecule has 2 N–H and O–H groups in total. The van der Waals surface area contributed by atoms with Crippen molar-refractivity contribution in [2.24, 2.45) is 0 Å². The zero-order valence-corrected chi connectivity index (χ0v) is 7.05. The van der Waals surface area contributed by atoms with Crippen molar-refractivity contribution in [1.29, 1.82) is 5.26 Å². The summed E-state index contributed by atoms with van der Waals surface area (Å²) in [5.41, 5.74) is 1.20. The van der Waals surface area contributed by atoms with Crippen LogP contribution in [0.3, 0.4) is 0 Å². The van der Waals surface area contributed by atoms with Crippen LogP contribution >= 0.6 is 7.82 Å². The summed E-state index contributed by atoms with van der Waals surface area (Å²) in [4.78, 5) is 23.0. The maximum atomic E-state index is 9.48. The number of nitriles is 1. The van der Waals surface area contributed by atoms with Crippen molar-refractivity contribution in [2.75, 3.05) is 0 Å². The summed E-state index contributed by atoms with van der Waals surface area (Å²) in [6.45, 7) is 0. The van der Waals surface area contributed by atoms with Gasteiger partial charge in [-0.2, -0.15) is 0 Å². The summed E-state index contributed by atoms with van der Waals surface area (Å²) in [6, 6.07) is 0. The van der Waals surface area contributed by atoms with E-state index in [0.717, 1.165) is 12.1 Å². The first-order valence-electron chi connectivity index (χ1n) is 2.98. The molecule has 68 valence electrons. The molecule has 0 unspecified atom stereocenters. The minimum atomic E-state index is -4.53. The first kappa shape index (κ1) is 9.61. The lowest BCUT2D eigenvalue weighted by molar-refractivity contribution is 0.267. The molecule has 0 aromatic heterocycles. The predicted octanol–water partition coefficient (Wildman–Crippen LogP) is 0.0338. The quantitative estimate of drug-likeness (QED) is 0.493. The second-order valence-corrected chi connectivity index (χ2v) is 3.13. The molecular formula is C5H4N3O4P. The zero-order chi connectivity index (χ0) is 9.90. The molecule has 0 amide bonds. The Labute approximate surface area is 72.9 Å². The Morgan fingerprint density at radius 2 is 1.92 bits per heavy atom. The smallest absolute Gasteiger partial charge is 0.328 e. The van der Waals surface area contributed by atoms with Gasteiger partial charge >= 0.3 is 7.82 Å². The average molecular weight is 201 g/mol. The van der Waals surface area contributed by atoms with Gasteiger partial charge in [-0.15, -0.1) is 5.26 Å². The number of fused-ring (bicyclic) bond motifs is 1. The largest absolute Gasteiger partial charge is 0.534 e. The number of rotatable bonds is 1. The van der Waals surface area contributed by atoms with E-state index in [-0.39, 0.29) is 0 Å². The van der Waals surface area contributed by atoms with E-state index >= 15 is 0 Å². The highest BCUT2D eigenvalue weighted by Gasteiger charge is 2.12. The first-order chi connectivity index (χ1) is 6.03. The summed E-state index contributed by atoms with van der Waals surface area (Å²) in [5, 5.41) is 7.44. The Kier molecular flexibility index (Phi) is 2.58. The van der Waals surface area contributed by atoms with Gasteiger partial charge in [0, 0.05) is 12.4 Å². The Bertz CT molecular complexity index is 357. The van der Waals surface area contributed by atoms with Crippen molar-refractivity contribution in [3.63, 3.8) is 0 Å². The molecule has 0 fully saturated rings. The van der Waals surface area contributed by atoms with Gasteiger partial charge in [-0.05, 0) is 0 Å². The topological polar surface area (TPSA) is 116 Å².